The van der Waals surface area contributed by atoms with Gasteiger partial charge in [0.2, 0.25) is 5.91 Å². The van der Waals surface area contributed by atoms with Gasteiger partial charge in [-0.3, -0.25) is 4.79 Å². The minimum atomic E-state index is -1.06. The predicted octanol–water partition coefficient (Wildman–Crippen LogP) is 1.69. The van der Waals surface area contributed by atoms with Crippen LogP contribution in [-0.2, 0) is 4.79 Å². The van der Waals surface area contributed by atoms with Gasteiger partial charge in [-0.05, 0) is 12.1 Å². The number of benzene rings is 1. The summed E-state index contributed by atoms with van der Waals surface area (Å²) in [5.74, 6) is -2.80. The topological polar surface area (TPSA) is 76.7 Å². The van der Waals surface area contributed by atoms with Crippen molar-refractivity contribution >= 4 is 11.6 Å². The lowest BCUT2D eigenvalue weighted by Gasteiger charge is -2.04. The number of amides is 1. The molecule has 0 atom stereocenters. The summed E-state index contributed by atoms with van der Waals surface area (Å²) < 4.78 is 26.1. The second-order valence-corrected chi connectivity index (χ2v) is 2.81. The summed E-state index contributed by atoms with van der Waals surface area (Å²) in [6.45, 7) is 0. The lowest BCUT2D eigenvalue weighted by atomic mass is 10.2. The molecule has 1 amide bonds. The van der Waals surface area contributed by atoms with Crippen LogP contribution in [0.15, 0.2) is 12.1 Å². The van der Waals surface area contributed by atoms with Crippen LogP contribution in [0.2, 0.25) is 0 Å². The van der Waals surface area contributed by atoms with Gasteiger partial charge in [0.15, 0.2) is 0 Å². The zero-order chi connectivity index (χ0) is 12.1. The number of carbonyl (C=O) groups excluding carboxylic acids is 1. The molecule has 0 saturated heterocycles. The average Bonchev–Trinajstić information content (AvgIpc) is 2.17. The number of hydrogen-bond donors (Lipinski definition) is 1. The normalized spacial score (nSPS) is 9.00. The van der Waals surface area contributed by atoms with Crippen LogP contribution < -0.4 is 5.32 Å². The molecule has 16 heavy (non-hydrogen) atoms. The Labute approximate surface area is 89.7 Å². The molecular weight excluding hydrogens is 216 g/mol. The maximum atomic E-state index is 13.1. The van der Waals surface area contributed by atoms with Gasteiger partial charge in [-0.2, -0.15) is 10.5 Å². The standard InChI is InChI=1S/C10H5F2N3O/c11-8-3-6(15-10(16)1-2-13)4-9(12)7(8)5-14/h3-4H,1H2,(H,15,16). The highest BCUT2D eigenvalue weighted by Crippen LogP contribution is 2.18. The molecule has 0 aliphatic rings. The summed E-state index contributed by atoms with van der Waals surface area (Å²) in [4.78, 5) is 10.9. The number of carbonyl (C=O) groups is 1. The summed E-state index contributed by atoms with van der Waals surface area (Å²) in [5.41, 5.74) is -0.840. The van der Waals surface area contributed by atoms with Crippen molar-refractivity contribution in [3.63, 3.8) is 0 Å². The van der Waals surface area contributed by atoms with E-state index in [9.17, 15) is 13.6 Å². The van der Waals surface area contributed by atoms with Crippen LogP contribution in [0, 0.1) is 34.3 Å². The van der Waals surface area contributed by atoms with Crippen LogP contribution in [0.3, 0.4) is 0 Å². The first-order valence-electron chi connectivity index (χ1n) is 4.14. The van der Waals surface area contributed by atoms with Gasteiger partial charge in [-0.25, -0.2) is 8.78 Å². The Morgan fingerprint density at radius 1 is 1.31 bits per heavy atom. The molecule has 0 fully saturated rings. The molecule has 1 rings (SSSR count). The smallest absolute Gasteiger partial charge is 0.238 e. The Balaban J connectivity index is 2.98. The van der Waals surface area contributed by atoms with Crippen LogP contribution in [0.5, 0.6) is 0 Å². The van der Waals surface area contributed by atoms with Gasteiger partial charge < -0.3 is 5.32 Å². The number of nitriles is 2. The largest absolute Gasteiger partial charge is 0.325 e. The Morgan fingerprint density at radius 3 is 2.31 bits per heavy atom. The van der Waals surface area contributed by atoms with Crippen LogP contribution in [0.1, 0.15) is 12.0 Å². The van der Waals surface area contributed by atoms with Crippen molar-refractivity contribution < 1.29 is 13.6 Å². The van der Waals surface area contributed by atoms with E-state index < -0.39 is 29.5 Å². The lowest BCUT2D eigenvalue weighted by Crippen LogP contribution is -2.11. The molecule has 0 spiro atoms. The number of rotatable bonds is 2. The van der Waals surface area contributed by atoms with Crippen LogP contribution >= 0.6 is 0 Å². The first kappa shape index (κ1) is 11.6. The number of halogens is 2. The maximum absolute atomic E-state index is 13.1. The SMILES string of the molecule is N#CCC(=O)Nc1cc(F)c(C#N)c(F)c1. The third-order valence-electron chi connectivity index (χ3n) is 1.68. The van der Waals surface area contributed by atoms with Gasteiger partial charge in [0, 0.05) is 5.69 Å². The predicted molar refractivity (Wildman–Crippen MR) is 49.9 cm³/mol. The van der Waals surface area contributed by atoms with E-state index in [1.54, 1.807) is 6.07 Å². The molecule has 0 aromatic heterocycles. The second-order valence-electron chi connectivity index (χ2n) is 2.81. The molecule has 1 aromatic carbocycles. The number of nitrogens with zero attached hydrogens (tertiary/aromatic N) is 2. The van der Waals surface area contributed by atoms with E-state index in [0.717, 1.165) is 12.1 Å². The van der Waals surface area contributed by atoms with Gasteiger partial charge in [0.05, 0.1) is 6.07 Å². The van der Waals surface area contributed by atoms with Gasteiger partial charge >= 0.3 is 0 Å². The van der Waals surface area contributed by atoms with Crippen molar-refractivity contribution in [1.29, 1.82) is 10.5 Å². The fraction of sp³-hybridized carbons (Fsp3) is 0.100. The van der Waals surface area contributed by atoms with Gasteiger partial charge in [-0.15, -0.1) is 0 Å². The van der Waals surface area contributed by atoms with E-state index in [-0.39, 0.29) is 5.69 Å². The summed E-state index contributed by atoms with van der Waals surface area (Å²) >= 11 is 0. The molecule has 80 valence electrons. The molecule has 1 aromatic rings. The zero-order valence-corrected chi connectivity index (χ0v) is 7.92. The minimum Gasteiger partial charge on any atom is -0.325 e. The third kappa shape index (κ3) is 2.52. The summed E-state index contributed by atoms with van der Waals surface area (Å²) in [5, 5.41) is 18.7. The van der Waals surface area contributed by atoms with Crippen molar-refractivity contribution in [3.05, 3.63) is 29.3 Å². The molecule has 0 unspecified atom stereocenters. The van der Waals surface area contributed by atoms with Crippen molar-refractivity contribution in [2.45, 2.75) is 6.42 Å². The lowest BCUT2D eigenvalue weighted by molar-refractivity contribution is -0.115. The first-order chi connectivity index (χ1) is 7.58. The Bertz CT molecular complexity index is 491. The molecule has 6 heteroatoms. The summed E-state index contributed by atoms with van der Waals surface area (Å²) in [7, 11) is 0. The Kier molecular flexibility index (Phi) is 3.52. The van der Waals surface area contributed by atoms with E-state index >= 15 is 0 Å². The highest BCUT2D eigenvalue weighted by atomic mass is 19.1. The molecule has 0 heterocycles. The van der Waals surface area contributed by atoms with Crippen molar-refractivity contribution in [2.24, 2.45) is 0 Å². The first-order valence-corrected chi connectivity index (χ1v) is 4.14. The van der Waals surface area contributed by atoms with Crippen LogP contribution in [0.25, 0.3) is 0 Å². The Morgan fingerprint density at radius 2 is 1.88 bits per heavy atom. The van der Waals surface area contributed by atoms with Crippen LogP contribution in [0.4, 0.5) is 14.5 Å². The molecule has 4 nitrogen and oxygen atoms in total. The highest BCUT2D eigenvalue weighted by molar-refractivity contribution is 5.92. The second kappa shape index (κ2) is 4.85. The van der Waals surface area contributed by atoms with E-state index in [1.807, 2.05) is 0 Å². The van der Waals surface area contributed by atoms with Crippen molar-refractivity contribution in [3.8, 4) is 12.1 Å². The van der Waals surface area contributed by atoms with E-state index in [0.29, 0.717) is 0 Å². The maximum Gasteiger partial charge on any atom is 0.238 e. The highest BCUT2D eigenvalue weighted by Gasteiger charge is 2.11. The number of anilines is 1. The molecule has 0 radical (unpaired) electrons. The number of nitrogens with one attached hydrogen (secondary N) is 1. The summed E-state index contributed by atoms with van der Waals surface area (Å²) in [6, 6.07) is 4.57. The number of hydrogen-bond acceptors (Lipinski definition) is 3. The molecule has 0 bridgehead atoms. The van der Waals surface area contributed by atoms with E-state index in [4.69, 9.17) is 10.5 Å². The van der Waals surface area contributed by atoms with Gasteiger partial charge in [0.25, 0.3) is 0 Å². The zero-order valence-electron chi connectivity index (χ0n) is 7.92. The van der Waals surface area contributed by atoms with Crippen molar-refractivity contribution in [1.82, 2.24) is 0 Å². The third-order valence-corrected chi connectivity index (χ3v) is 1.68. The minimum absolute atomic E-state index is 0.130. The van der Waals surface area contributed by atoms with E-state index in [1.165, 1.54) is 6.07 Å². The fourth-order valence-electron chi connectivity index (χ4n) is 1.03. The Hall–Kier alpha value is -2.47. The molecule has 1 N–H and O–H groups in total. The average molecular weight is 221 g/mol. The quantitative estimate of drug-likeness (QED) is 0.825. The van der Waals surface area contributed by atoms with E-state index in [2.05, 4.69) is 5.32 Å². The molecule has 0 aliphatic carbocycles. The molecule has 0 aliphatic heterocycles. The molecule has 0 saturated carbocycles. The van der Waals surface area contributed by atoms with Gasteiger partial charge in [-0.1, -0.05) is 0 Å². The molecular formula is C10H5F2N3O. The fourth-order valence-corrected chi connectivity index (χ4v) is 1.03. The van der Waals surface area contributed by atoms with Crippen molar-refractivity contribution in [2.75, 3.05) is 5.32 Å². The van der Waals surface area contributed by atoms with Gasteiger partial charge in [0.1, 0.15) is 29.7 Å². The summed E-state index contributed by atoms with van der Waals surface area (Å²) in [6.07, 6.45) is -0.413. The monoisotopic (exact) mass is 221 g/mol. The van der Waals surface area contributed by atoms with Crippen LogP contribution in [-0.4, -0.2) is 5.91 Å².